The van der Waals surface area contributed by atoms with E-state index < -0.39 is 28.3 Å². The summed E-state index contributed by atoms with van der Waals surface area (Å²) in [5.41, 5.74) is 6.13. The van der Waals surface area contributed by atoms with Gasteiger partial charge in [0, 0.05) is 56.9 Å². The van der Waals surface area contributed by atoms with Crippen molar-refractivity contribution in [2.75, 3.05) is 38.0 Å². The number of rotatable bonds is 14. The van der Waals surface area contributed by atoms with Gasteiger partial charge in [0.2, 0.25) is 15.9 Å². The van der Waals surface area contributed by atoms with Crippen LogP contribution < -0.4 is 10.0 Å². The number of carbonyl (C=O) groups excluding carboxylic acids is 1. The molecule has 11 heteroatoms. The summed E-state index contributed by atoms with van der Waals surface area (Å²) in [5, 5.41) is 12.6. The van der Waals surface area contributed by atoms with Gasteiger partial charge in [-0.2, -0.15) is 4.72 Å². The molecule has 1 amide bonds. The zero-order chi connectivity index (χ0) is 38.9. The molecule has 2 aliphatic rings. The summed E-state index contributed by atoms with van der Waals surface area (Å²) in [6.07, 6.45) is -0.270. The van der Waals surface area contributed by atoms with Gasteiger partial charge < -0.3 is 19.9 Å². The van der Waals surface area contributed by atoms with Crippen LogP contribution in [0.1, 0.15) is 52.2 Å². The minimum atomic E-state index is -4.00. The van der Waals surface area contributed by atoms with Gasteiger partial charge in [0.15, 0.2) is 6.29 Å². The van der Waals surface area contributed by atoms with Crippen LogP contribution in [0.15, 0.2) is 138 Å². The highest BCUT2D eigenvalue weighted by molar-refractivity contribution is 7.89. The summed E-state index contributed by atoms with van der Waals surface area (Å²) in [4.78, 5) is 19.0. The second kappa shape index (κ2) is 18.5. The van der Waals surface area contributed by atoms with Gasteiger partial charge >= 0.3 is 0 Å². The zero-order valence-electron chi connectivity index (χ0n) is 31.7. The summed E-state index contributed by atoms with van der Waals surface area (Å²) in [6.45, 7) is 7.37. The Bertz CT molecular complexity index is 2130. The number of anilines is 1. The molecule has 10 nitrogen and oxygen atoms in total. The number of aliphatic hydroxyl groups is 1. The van der Waals surface area contributed by atoms with Crippen molar-refractivity contribution >= 4 is 21.6 Å². The van der Waals surface area contributed by atoms with E-state index in [1.807, 2.05) is 85.8 Å². The van der Waals surface area contributed by atoms with Gasteiger partial charge in [-0.3, -0.25) is 14.6 Å². The minimum absolute atomic E-state index is 0.0332. The number of aryl methyl sites for hydroxylation is 1. The highest BCUT2D eigenvalue weighted by Gasteiger charge is 2.34. The molecule has 2 saturated heterocycles. The molecule has 7 rings (SSSR count). The lowest BCUT2D eigenvalue weighted by molar-refractivity contribution is -0.253. The van der Waals surface area contributed by atoms with E-state index in [0.29, 0.717) is 12.1 Å². The summed E-state index contributed by atoms with van der Waals surface area (Å²) in [5.74, 6) is -0.488. The largest absolute Gasteiger partial charge is 0.392 e. The molecule has 292 valence electrons. The molecule has 2 heterocycles. The van der Waals surface area contributed by atoms with Gasteiger partial charge in [0.1, 0.15) is 6.04 Å². The molecule has 0 aliphatic carbocycles. The van der Waals surface area contributed by atoms with Crippen molar-refractivity contribution in [1.82, 2.24) is 14.5 Å². The third-order valence-corrected chi connectivity index (χ3v) is 11.9. The van der Waals surface area contributed by atoms with Gasteiger partial charge in [-0.25, -0.2) is 8.42 Å². The van der Waals surface area contributed by atoms with Crippen LogP contribution in [-0.4, -0.2) is 74.1 Å². The number of amides is 1. The number of ether oxygens (including phenoxy) is 2. The lowest BCUT2D eigenvalue weighted by atomic mass is 9.99. The molecule has 0 saturated carbocycles. The Kier molecular flexibility index (Phi) is 13.0. The molecule has 4 unspecified atom stereocenters. The Morgan fingerprint density at radius 3 is 2.09 bits per heavy atom. The Hall–Kier alpha value is -4.72. The Labute approximate surface area is 330 Å². The van der Waals surface area contributed by atoms with E-state index in [4.69, 9.17) is 9.47 Å². The number of hydrogen-bond donors (Lipinski definition) is 3. The predicted molar refractivity (Wildman–Crippen MR) is 217 cm³/mol. The van der Waals surface area contributed by atoms with Gasteiger partial charge in [-0.1, -0.05) is 115 Å². The molecule has 2 fully saturated rings. The summed E-state index contributed by atoms with van der Waals surface area (Å²) in [6, 6.07) is 40.5. The van der Waals surface area contributed by atoms with E-state index in [1.165, 1.54) is 17.7 Å². The lowest BCUT2D eigenvalue weighted by Gasteiger charge is -2.41. The molecule has 4 atom stereocenters. The number of nitrogens with zero attached hydrogens (tertiary/aromatic N) is 2. The maximum atomic E-state index is 13.9. The average molecular weight is 775 g/mol. The van der Waals surface area contributed by atoms with Gasteiger partial charge in [-0.15, -0.1) is 0 Å². The molecule has 56 heavy (non-hydrogen) atoms. The van der Waals surface area contributed by atoms with Crippen LogP contribution in [0.5, 0.6) is 0 Å². The van der Waals surface area contributed by atoms with Crippen LogP contribution in [0, 0.1) is 6.92 Å². The van der Waals surface area contributed by atoms with Crippen molar-refractivity contribution in [3.05, 3.63) is 167 Å². The van der Waals surface area contributed by atoms with Crippen LogP contribution in [-0.2, 0) is 43.9 Å². The van der Waals surface area contributed by atoms with E-state index in [9.17, 15) is 18.3 Å². The minimum Gasteiger partial charge on any atom is -0.392 e. The topological polar surface area (TPSA) is 120 Å². The molecule has 3 N–H and O–H groups in total. The number of carbonyl (C=O) groups is 1. The lowest BCUT2D eigenvalue weighted by Crippen LogP contribution is -2.49. The summed E-state index contributed by atoms with van der Waals surface area (Å²) in [7, 11) is -4.00. The third kappa shape index (κ3) is 10.6. The fourth-order valence-electron chi connectivity index (χ4n) is 7.30. The SMILES string of the molecule is Cc1ccc(S(=O)(=O)NC(Cc2ccccc2)C(=O)Nc2cccc(C3OC(CN4CCN(Cc5ccccc5)CC4)CC(c4ccc(CO)cc4)O3)c2)cc1. The standard InChI is InChI=1S/C45H50N4O6S/c1-33-15-21-41(22-16-33)56(52,53)47-42(27-34-9-4-2-5-10-34)44(51)46-39-14-8-13-38(28-39)45-54-40(29-43(55-45)37-19-17-36(32-50)18-20-37)31-49-25-23-48(24-26-49)30-35-11-6-3-7-12-35/h2-22,28,40,42-43,45,47,50H,23-27,29-32H2,1H3,(H,46,51). The number of hydrogen-bond acceptors (Lipinski definition) is 8. The molecule has 0 radical (unpaired) electrons. The van der Waals surface area contributed by atoms with E-state index in [-0.39, 0.29) is 30.1 Å². The number of nitrogens with one attached hydrogen (secondary N) is 2. The van der Waals surface area contributed by atoms with Crippen molar-refractivity contribution in [3.8, 4) is 0 Å². The highest BCUT2D eigenvalue weighted by atomic mass is 32.2. The van der Waals surface area contributed by atoms with Gasteiger partial charge in [-0.05, 0) is 59.9 Å². The maximum Gasteiger partial charge on any atom is 0.242 e. The fraction of sp³-hybridized carbons (Fsp3) is 0.311. The Balaban J connectivity index is 1.06. The van der Waals surface area contributed by atoms with Gasteiger partial charge in [0.05, 0.1) is 23.7 Å². The summed E-state index contributed by atoms with van der Waals surface area (Å²) < 4.78 is 42.9. The van der Waals surface area contributed by atoms with E-state index in [2.05, 4.69) is 44.1 Å². The van der Waals surface area contributed by atoms with Crippen molar-refractivity contribution in [1.29, 1.82) is 0 Å². The smallest absolute Gasteiger partial charge is 0.242 e. The first-order valence-electron chi connectivity index (χ1n) is 19.2. The molecular formula is C45H50N4O6S. The molecule has 0 bridgehead atoms. The van der Waals surface area contributed by atoms with Crippen molar-refractivity contribution in [3.63, 3.8) is 0 Å². The van der Waals surface area contributed by atoms with E-state index >= 15 is 0 Å². The average Bonchev–Trinajstić information content (AvgIpc) is 3.22. The first kappa shape index (κ1) is 39.5. The van der Waals surface area contributed by atoms with E-state index in [1.54, 1.807) is 18.2 Å². The predicted octanol–water partition coefficient (Wildman–Crippen LogP) is 6.38. The molecule has 5 aromatic carbocycles. The second-order valence-electron chi connectivity index (χ2n) is 14.7. The Morgan fingerprint density at radius 2 is 1.41 bits per heavy atom. The first-order chi connectivity index (χ1) is 27.2. The highest BCUT2D eigenvalue weighted by Crippen LogP contribution is 2.39. The number of benzene rings is 5. The molecular weight excluding hydrogens is 725 g/mol. The Morgan fingerprint density at radius 1 is 0.750 bits per heavy atom. The van der Waals surface area contributed by atoms with Crippen LogP contribution in [0.2, 0.25) is 0 Å². The fourth-order valence-corrected chi connectivity index (χ4v) is 8.49. The number of sulfonamides is 1. The van der Waals surface area contributed by atoms with Crippen LogP contribution in [0.3, 0.4) is 0 Å². The van der Waals surface area contributed by atoms with Crippen molar-refractivity contribution < 1.29 is 27.8 Å². The monoisotopic (exact) mass is 774 g/mol. The van der Waals surface area contributed by atoms with Gasteiger partial charge in [0.25, 0.3) is 0 Å². The maximum absolute atomic E-state index is 13.9. The second-order valence-corrected chi connectivity index (χ2v) is 16.4. The first-order valence-corrected chi connectivity index (χ1v) is 20.7. The number of aliphatic hydroxyl groups excluding tert-OH is 1. The van der Waals surface area contributed by atoms with Crippen molar-refractivity contribution in [2.45, 2.75) is 62.4 Å². The normalized spacial score (nSPS) is 20.0. The van der Waals surface area contributed by atoms with Crippen LogP contribution in [0.25, 0.3) is 0 Å². The number of piperazine rings is 1. The van der Waals surface area contributed by atoms with Crippen molar-refractivity contribution in [2.24, 2.45) is 0 Å². The third-order valence-electron chi connectivity index (χ3n) is 10.4. The van der Waals surface area contributed by atoms with E-state index in [0.717, 1.165) is 67.1 Å². The molecule has 5 aromatic rings. The molecule has 0 spiro atoms. The molecule has 0 aromatic heterocycles. The van der Waals surface area contributed by atoms with Crippen LogP contribution in [0.4, 0.5) is 5.69 Å². The summed E-state index contributed by atoms with van der Waals surface area (Å²) >= 11 is 0. The zero-order valence-corrected chi connectivity index (χ0v) is 32.5. The quantitative estimate of drug-likeness (QED) is 0.119. The molecule has 2 aliphatic heterocycles. The van der Waals surface area contributed by atoms with Crippen LogP contribution >= 0.6 is 0 Å².